The maximum absolute atomic E-state index is 12.2. The number of aromatic nitrogens is 1. The average molecular weight is 354 g/mol. The molecule has 0 saturated carbocycles. The number of nitrogens with one attached hydrogen (secondary N) is 2. The Morgan fingerprint density at radius 3 is 2.35 bits per heavy atom. The molecule has 1 aromatic carbocycles. The number of esters is 1. The number of rotatable bonds is 4. The normalized spacial score (nSPS) is 14.6. The summed E-state index contributed by atoms with van der Waals surface area (Å²) in [5.74, 6) is -0.401. The number of urea groups is 1. The monoisotopic (exact) mass is 354 g/mol. The van der Waals surface area contributed by atoms with Crippen LogP contribution in [0.1, 0.15) is 23.2 Å². The number of piperidine rings is 1. The van der Waals surface area contributed by atoms with Gasteiger partial charge in [-0.05, 0) is 49.2 Å². The Hall–Kier alpha value is -3.09. The predicted molar refractivity (Wildman–Crippen MR) is 99.4 cm³/mol. The summed E-state index contributed by atoms with van der Waals surface area (Å²) in [6.07, 6.45) is 5.35. The van der Waals surface area contributed by atoms with E-state index in [1.54, 1.807) is 36.7 Å². The van der Waals surface area contributed by atoms with Crippen LogP contribution in [-0.4, -0.2) is 43.2 Å². The minimum atomic E-state index is -0.401. The van der Waals surface area contributed by atoms with E-state index in [2.05, 4.69) is 25.3 Å². The topological polar surface area (TPSA) is 83.6 Å². The quantitative estimate of drug-likeness (QED) is 0.825. The van der Waals surface area contributed by atoms with Crippen LogP contribution < -0.4 is 15.5 Å². The maximum Gasteiger partial charge on any atom is 0.337 e. The third-order valence-corrected chi connectivity index (χ3v) is 4.42. The molecule has 2 heterocycles. The van der Waals surface area contributed by atoms with Gasteiger partial charge in [0.2, 0.25) is 0 Å². The smallest absolute Gasteiger partial charge is 0.337 e. The van der Waals surface area contributed by atoms with Crippen LogP contribution in [0.4, 0.5) is 16.2 Å². The van der Waals surface area contributed by atoms with Crippen molar-refractivity contribution in [1.29, 1.82) is 0 Å². The molecular weight excluding hydrogens is 332 g/mol. The van der Waals surface area contributed by atoms with E-state index >= 15 is 0 Å². The minimum absolute atomic E-state index is 0.141. The lowest BCUT2D eigenvalue weighted by atomic mass is 10.0. The molecule has 1 saturated heterocycles. The van der Waals surface area contributed by atoms with E-state index in [4.69, 9.17) is 0 Å². The van der Waals surface area contributed by atoms with Crippen LogP contribution >= 0.6 is 0 Å². The number of carbonyl (C=O) groups is 2. The summed E-state index contributed by atoms with van der Waals surface area (Å²) in [5, 5.41) is 5.80. The number of methoxy groups -OCH3 is 1. The summed E-state index contributed by atoms with van der Waals surface area (Å²) < 4.78 is 4.65. The first-order valence-electron chi connectivity index (χ1n) is 8.56. The van der Waals surface area contributed by atoms with E-state index in [1.807, 2.05) is 12.1 Å². The van der Waals surface area contributed by atoms with Crippen molar-refractivity contribution in [3.05, 3.63) is 54.4 Å². The lowest BCUT2D eigenvalue weighted by molar-refractivity contribution is 0.0600. The third-order valence-electron chi connectivity index (χ3n) is 4.42. The first-order chi connectivity index (χ1) is 12.7. The zero-order valence-electron chi connectivity index (χ0n) is 14.6. The molecule has 1 aliphatic heterocycles. The second-order valence-corrected chi connectivity index (χ2v) is 6.13. The van der Waals surface area contributed by atoms with Crippen molar-refractivity contribution >= 4 is 23.4 Å². The summed E-state index contributed by atoms with van der Waals surface area (Å²) in [5.41, 5.74) is 2.24. The van der Waals surface area contributed by atoms with Crippen molar-refractivity contribution < 1.29 is 14.3 Å². The van der Waals surface area contributed by atoms with Crippen molar-refractivity contribution in [2.24, 2.45) is 0 Å². The molecule has 2 amide bonds. The van der Waals surface area contributed by atoms with Crippen molar-refractivity contribution in [1.82, 2.24) is 10.3 Å². The number of amides is 2. The molecule has 1 aromatic heterocycles. The first-order valence-corrected chi connectivity index (χ1v) is 8.56. The molecule has 7 nitrogen and oxygen atoms in total. The van der Waals surface area contributed by atoms with E-state index in [0.717, 1.165) is 31.6 Å². The molecule has 0 unspecified atom stereocenters. The third kappa shape index (κ3) is 4.50. The predicted octanol–water partition coefficient (Wildman–Crippen LogP) is 2.66. The van der Waals surface area contributed by atoms with Gasteiger partial charge in [0.05, 0.1) is 12.7 Å². The highest BCUT2D eigenvalue weighted by atomic mass is 16.5. The molecule has 3 rings (SSSR count). The second kappa shape index (κ2) is 8.33. The number of carbonyl (C=O) groups excluding carboxylic acids is 2. The molecule has 0 aliphatic carbocycles. The zero-order chi connectivity index (χ0) is 18.4. The van der Waals surface area contributed by atoms with Crippen molar-refractivity contribution in [2.45, 2.75) is 18.9 Å². The molecule has 0 atom stereocenters. The van der Waals surface area contributed by atoms with Gasteiger partial charge in [0.1, 0.15) is 0 Å². The fourth-order valence-corrected chi connectivity index (χ4v) is 3.00. The van der Waals surface area contributed by atoms with Crippen molar-refractivity contribution in [3.63, 3.8) is 0 Å². The van der Waals surface area contributed by atoms with E-state index in [9.17, 15) is 9.59 Å². The van der Waals surface area contributed by atoms with Crippen LogP contribution in [0.25, 0.3) is 0 Å². The molecule has 7 heteroatoms. The molecule has 2 N–H and O–H groups in total. The van der Waals surface area contributed by atoms with Crippen LogP contribution in [0.15, 0.2) is 48.8 Å². The first kappa shape index (κ1) is 17.7. The number of hydrogen-bond donors (Lipinski definition) is 2. The molecule has 0 radical (unpaired) electrons. The zero-order valence-corrected chi connectivity index (χ0v) is 14.6. The molecule has 1 aliphatic rings. The van der Waals surface area contributed by atoms with Crippen LogP contribution in [-0.2, 0) is 4.74 Å². The Bertz CT molecular complexity index is 741. The van der Waals surface area contributed by atoms with Gasteiger partial charge in [0.25, 0.3) is 0 Å². The van der Waals surface area contributed by atoms with Crippen LogP contribution in [0.5, 0.6) is 0 Å². The number of nitrogens with zero attached hydrogens (tertiary/aromatic N) is 2. The second-order valence-electron chi connectivity index (χ2n) is 6.13. The number of anilines is 2. The number of pyridine rings is 1. The lowest BCUT2D eigenvalue weighted by Crippen LogP contribution is -2.46. The highest BCUT2D eigenvalue weighted by Crippen LogP contribution is 2.19. The molecule has 2 aromatic rings. The van der Waals surface area contributed by atoms with E-state index in [-0.39, 0.29) is 12.1 Å². The van der Waals surface area contributed by atoms with E-state index < -0.39 is 5.97 Å². The highest BCUT2D eigenvalue weighted by Gasteiger charge is 2.20. The van der Waals surface area contributed by atoms with Gasteiger partial charge in [-0.1, -0.05) is 0 Å². The molecule has 136 valence electrons. The average Bonchev–Trinajstić information content (AvgIpc) is 2.69. The Balaban J connectivity index is 1.46. The van der Waals surface area contributed by atoms with Gasteiger partial charge < -0.3 is 20.3 Å². The summed E-state index contributed by atoms with van der Waals surface area (Å²) in [4.78, 5) is 29.9. The number of hydrogen-bond acceptors (Lipinski definition) is 5. The maximum atomic E-state index is 12.2. The molecular formula is C19H22N4O3. The largest absolute Gasteiger partial charge is 0.465 e. The van der Waals surface area contributed by atoms with Gasteiger partial charge in [0.15, 0.2) is 0 Å². The molecule has 1 fully saturated rings. The molecule has 0 spiro atoms. The van der Waals surface area contributed by atoms with Crippen LogP contribution in [0, 0.1) is 0 Å². The number of benzene rings is 1. The Morgan fingerprint density at radius 2 is 1.73 bits per heavy atom. The van der Waals surface area contributed by atoms with Crippen LogP contribution in [0.2, 0.25) is 0 Å². The lowest BCUT2D eigenvalue weighted by Gasteiger charge is -2.33. The van der Waals surface area contributed by atoms with Gasteiger partial charge >= 0.3 is 12.0 Å². The number of ether oxygens (including phenoxy) is 1. The van der Waals surface area contributed by atoms with Crippen molar-refractivity contribution in [3.8, 4) is 0 Å². The highest BCUT2D eigenvalue weighted by molar-refractivity contribution is 5.92. The SMILES string of the molecule is COC(=O)c1ccc(NC(=O)NC2CCN(c3ccncc3)CC2)cc1. The standard InChI is InChI=1S/C19H22N4O3/c1-26-18(24)14-2-4-15(5-3-14)21-19(25)22-16-8-12-23(13-9-16)17-6-10-20-11-7-17/h2-7,10-11,16H,8-9,12-13H2,1H3,(H2,21,22,25). The Kier molecular flexibility index (Phi) is 5.68. The summed E-state index contributed by atoms with van der Waals surface area (Å²) >= 11 is 0. The van der Waals surface area contributed by atoms with Crippen molar-refractivity contribution in [2.75, 3.05) is 30.4 Å². The fraction of sp³-hybridized carbons (Fsp3) is 0.316. The molecule has 0 bridgehead atoms. The summed E-state index contributed by atoms with van der Waals surface area (Å²) in [6, 6.07) is 10.5. The van der Waals surface area contributed by atoms with E-state index in [0.29, 0.717) is 11.3 Å². The Morgan fingerprint density at radius 1 is 1.08 bits per heavy atom. The van der Waals surface area contributed by atoms with Gasteiger partial charge in [-0.15, -0.1) is 0 Å². The summed E-state index contributed by atoms with van der Waals surface area (Å²) in [6.45, 7) is 1.78. The molecule has 26 heavy (non-hydrogen) atoms. The van der Waals surface area contributed by atoms with Gasteiger partial charge in [-0.3, -0.25) is 4.98 Å². The van der Waals surface area contributed by atoms with E-state index in [1.165, 1.54) is 7.11 Å². The van der Waals surface area contributed by atoms with Gasteiger partial charge in [-0.25, -0.2) is 9.59 Å². The van der Waals surface area contributed by atoms with Gasteiger partial charge in [-0.2, -0.15) is 0 Å². The van der Waals surface area contributed by atoms with Crippen LogP contribution in [0.3, 0.4) is 0 Å². The summed E-state index contributed by atoms with van der Waals surface area (Å²) in [7, 11) is 1.34. The minimum Gasteiger partial charge on any atom is -0.465 e. The van der Waals surface area contributed by atoms with Gasteiger partial charge in [0, 0.05) is 42.9 Å². The Labute approximate surface area is 152 Å². The fourth-order valence-electron chi connectivity index (χ4n) is 3.00.